The maximum absolute atomic E-state index is 13.2. The van der Waals surface area contributed by atoms with E-state index in [4.69, 9.17) is 0 Å². The lowest BCUT2D eigenvalue weighted by Crippen LogP contribution is -2.18. The summed E-state index contributed by atoms with van der Waals surface area (Å²) in [4.78, 5) is 12.2. The normalized spacial score (nSPS) is 23.7. The third-order valence-electron chi connectivity index (χ3n) is 4.12. The highest BCUT2D eigenvalue weighted by atomic mass is 32.2. The van der Waals surface area contributed by atoms with Crippen LogP contribution in [0.4, 0.5) is 13.2 Å². The maximum Gasteiger partial charge on any atom is 0.393 e. The van der Waals surface area contributed by atoms with Gasteiger partial charge < -0.3 is 0 Å². The lowest BCUT2D eigenvalue weighted by atomic mass is 10.1. The molecule has 0 bridgehead atoms. The highest BCUT2D eigenvalue weighted by molar-refractivity contribution is 7.92. The minimum atomic E-state index is -4.75. The number of benzene rings is 2. The van der Waals surface area contributed by atoms with E-state index >= 15 is 0 Å². The zero-order chi connectivity index (χ0) is 17.5. The van der Waals surface area contributed by atoms with Crippen LogP contribution >= 0.6 is 0 Å². The Morgan fingerprint density at radius 2 is 1.38 bits per heavy atom. The molecule has 1 aliphatic rings. The molecule has 24 heavy (non-hydrogen) atoms. The van der Waals surface area contributed by atoms with Gasteiger partial charge in [-0.15, -0.1) is 0 Å². The Hall–Kier alpha value is -2.15. The van der Waals surface area contributed by atoms with Gasteiger partial charge in [0.1, 0.15) is 0 Å². The van der Waals surface area contributed by atoms with Crippen molar-refractivity contribution in [3.8, 4) is 0 Å². The first-order valence-electron chi connectivity index (χ1n) is 7.19. The minimum Gasteiger partial charge on any atom is -0.294 e. The number of alkyl halides is 3. The Balaban J connectivity index is 1.99. The summed E-state index contributed by atoms with van der Waals surface area (Å²) in [6, 6.07) is 14.4. The lowest BCUT2D eigenvalue weighted by molar-refractivity contribution is -0.149. The molecule has 1 fully saturated rings. The number of Topliss-reactive ketones (excluding diaryl/α,β-unsaturated/α-hetero) is 1. The van der Waals surface area contributed by atoms with Gasteiger partial charge in [0.05, 0.1) is 22.0 Å². The summed E-state index contributed by atoms with van der Waals surface area (Å²) < 4.78 is 64.8. The number of sulfone groups is 1. The number of halogens is 3. The number of ketones is 1. The predicted molar refractivity (Wildman–Crippen MR) is 81.2 cm³/mol. The van der Waals surface area contributed by atoms with Crippen LogP contribution in [0.5, 0.6) is 0 Å². The molecule has 2 aromatic carbocycles. The van der Waals surface area contributed by atoms with Crippen LogP contribution in [0.3, 0.4) is 0 Å². The van der Waals surface area contributed by atoms with E-state index in [1.807, 2.05) is 0 Å². The van der Waals surface area contributed by atoms with Gasteiger partial charge in [-0.25, -0.2) is 8.42 Å². The first kappa shape index (κ1) is 16.7. The van der Waals surface area contributed by atoms with Crippen LogP contribution in [0.2, 0.25) is 0 Å². The highest BCUT2D eigenvalue weighted by Crippen LogP contribution is 2.56. The van der Waals surface area contributed by atoms with Gasteiger partial charge in [-0.05, 0) is 12.1 Å². The third kappa shape index (κ3) is 2.84. The average Bonchev–Trinajstić information content (AvgIpc) is 3.33. The van der Waals surface area contributed by atoms with E-state index in [1.54, 1.807) is 12.1 Å². The molecule has 3 rings (SSSR count). The molecule has 126 valence electrons. The van der Waals surface area contributed by atoms with Crippen LogP contribution in [-0.4, -0.2) is 25.6 Å². The van der Waals surface area contributed by atoms with Gasteiger partial charge in [0.25, 0.3) is 0 Å². The smallest absolute Gasteiger partial charge is 0.294 e. The topological polar surface area (TPSA) is 51.2 Å². The maximum atomic E-state index is 13.2. The van der Waals surface area contributed by atoms with E-state index in [2.05, 4.69) is 0 Å². The van der Waals surface area contributed by atoms with Gasteiger partial charge in [-0.1, -0.05) is 48.5 Å². The summed E-state index contributed by atoms with van der Waals surface area (Å²) in [7, 11) is -4.24. The molecule has 1 aliphatic carbocycles. The summed E-state index contributed by atoms with van der Waals surface area (Å²) >= 11 is 0. The van der Waals surface area contributed by atoms with E-state index in [1.165, 1.54) is 48.5 Å². The van der Waals surface area contributed by atoms with Crippen molar-refractivity contribution in [2.75, 3.05) is 0 Å². The molecule has 3 nitrogen and oxygen atoms in total. The largest absolute Gasteiger partial charge is 0.393 e. The summed E-state index contributed by atoms with van der Waals surface area (Å²) in [5.74, 6) is -4.56. The molecule has 7 heteroatoms. The number of hydrogen-bond donors (Lipinski definition) is 0. The second-order valence-corrected chi connectivity index (χ2v) is 7.75. The Morgan fingerprint density at radius 3 is 1.88 bits per heavy atom. The van der Waals surface area contributed by atoms with Crippen molar-refractivity contribution >= 4 is 15.6 Å². The predicted octanol–water partition coefficient (Wildman–Crippen LogP) is 3.52. The summed E-state index contributed by atoms with van der Waals surface area (Å²) in [6.07, 6.45) is -4.75. The molecule has 0 N–H and O–H groups in total. The molecule has 0 spiro atoms. The molecule has 0 unspecified atom stereocenters. The SMILES string of the molecule is O=C(c1ccccc1)[C@@H]1[C@@H](C(F)(F)F)[C@@H]1S(=O)(=O)c1ccccc1. The molecule has 2 aromatic rings. The zero-order valence-corrected chi connectivity index (χ0v) is 13.1. The second kappa shape index (κ2) is 5.73. The number of hydrogen-bond acceptors (Lipinski definition) is 3. The van der Waals surface area contributed by atoms with E-state index in [0.29, 0.717) is 0 Å². The monoisotopic (exact) mass is 354 g/mol. The quantitative estimate of drug-likeness (QED) is 0.790. The fraction of sp³-hybridized carbons (Fsp3) is 0.235. The first-order chi connectivity index (χ1) is 11.2. The van der Waals surface area contributed by atoms with Gasteiger partial charge in [0.2, 0.25) is 0 Å². The Kier molecular flexibility index (Phi) is 3.99. The van der Waals surface area contributed by atoms with Crippen molar-refractivity contribution in [2.24, 2.45) is 11.8 Å². The second-order valence-electron chi connectivity index (χ2n) is 5.65. The van der Waals surface area contributed by atoms with Gasteiger partial charge in [-0.2, -0.15) is 13.2 Å². The third-order valence-corrected chi connectivity index (χ3v) is 6.36. The van der Waals surface area contributed by atoms with E-state index in [9.17, 15) is 26.4 Å². The lowest BCUT2D eigenvalue weighted by Gasteiger charge is -2.06. The fourth-order valence-electron chi connectivity index (χ4n) is 2.93. The highest BCUT2D eigenvalue weighted by Gasteiger charge is 2.72. The van der Waals surface area contributed by atoms with Crippen molar-refractivity contribution < 1.29 is 26.4 Å². The molecule has 0 aliphatic heterocycles. The molecule has 0 heterocycles. The van der Waals surface area contributed by atoms with Gasteiger partial charge in [0, 0.05) is 5.56 Å². The number of rotatable bonds is 4. The first-order valence-corrected chi connectivity index (χ1v) is 8.74. The van der Waals surface area contributed by atoms with Crippen LogP contribution in [0.1, 0.15) is 10.4 Å². The van der Waals surface area contributed by atoms with Crippen LogP contribution in [0.15, 0.2) is 65.6 Å². The number of carbonyl (C=O) groups is 1. The average molecular weight is 354 g/mol. The van der Waals surface area contributed by atoms with Crippen molar-refractivity contribution in [3.05, 3.63) is 66.2 Å². The molecular weight excluding hydrogens is 341 g/mol. The van der Waals surface area contributed by atoms with Crippen molar-refractivity contribution in [3.63, 3.8) is 0 Å². The van der Waals surface area contributed by atoms with E-state index in [0.717, 1.165) is 0 Å². The molecule has 1 saturated carbocycles. The number of carbonyl (C=O) groups excluding carboxylic acids is 1. The van der Waals surface area contributed by atoms with Crippen molar-refractivity contribution in [1.82, 2.24) is 0 Å². The Labute approximate surface area is 137 Å². The molecule has 0 saturated heterocycles. The van der Waals surface area contributed by atoms with Crippen LogP contribution in [0, 0.1) is 11.8 Å². The van der Waals surface area contributed by atoms with Crippen molar-refractivity contribution in [2.45, 2.75) is 16.3 Å². The minimum absolute atomic E-state index is 0.0857. The van der Waals surface area contributed by atoms with E-state index in [-0.39, 0.29) is 10.5 Å². The Bertz CT molecular complexity index is 846. The molecule has 0 amide bonds. The summed E-state index contributed by atoms with van der Waals surface area (Å²) in [6.45, 7) is 0. The van der Waals surface area contributed by atoms with Gasteiger partial charge in [-0.3, -0.25) is 4.79 Å². The zero-order valence-electron chi connectivity index (χ0n) is 12.3. The van der Waals surface area contributed by atoms with Crippen LogP contribution in [-0.2, 0) is 9.84 Å². The van der Waals surface area contributed by atoms with Gasteiger partial charge in [0.15, 0.2) is 15.6 Å². The molecule has 3 atom stereocenters. The van der Waals surface area contributed by atoms with E-state index < -0.39 is 38.9 Å². The van der Waals surface area contributed by atoms with Crippen molar-refractivity contribution in [1.29, 1.82) is 0 Å². The van der Waals surface area contributed by atoms with Crippen LogP contribution < -0.4 is 0 Å². The summed E-state index contributed by atoms with van der Waals surface area (Å²) in [5, 5.41) is -1.77. The van der Waals surface area contributed by atoms with Gasteiger partial charge >= 0.3 is 6.18 Å². The summed E-state index contributed by atoms with van der Waals surface area (Å²) in [5.41, 5.74) is 0.0857. The van der Waals surface area contributed by atoms with Crippen LogP contribution in [0.25, 0.3) is 0 Å². The molecule has 0 radical (unpaired) electrons. The fourth-order valence-corrected chi connectivity index (χ4v) is 5.08. The standard InChI is InChI=1S/C17H13F3O3S/c18-17(19,20)14-13(15(21)11-7-3-1-4-8-11)16(14)24(22,23)12-9-5-2-6-10-12/h1-10,13-14,16H/t13-,14+,16+/m0/s1. The molecule has 0 aromatic heterocycles. The molecular formula is C17H13F3O3S. The Morgan fingerprint density at radius 1 is 0.875 bits per heavy atom.